The van der Waals surface area contributed by atoms with E-state index < -0.39 is 0 Å². The van der Waals surface area contributed by atoms with Gasteiger partial charge in [-0.3, -0.25) is 0 Å². The van der Waals surface area contributed by atoms with E-state index in [1.807, 2.05) is 17.4 Å². The Balaban J connectivity index is 2.00. The van der Waals surface area contributed by atoms with Gasteiger partial charge in [0.25, 0.3) is 0 Å². The van der Waals surface area contributed by atoms with Crippen LogP contribution in [0.15, 0.2) is 35.7 Å². The Morgan fingerprint density at radius 2 is 2.15 bits per heavy atom. The van der Waals surface area contributed by atoms with Crippen LogP contribution >= 0.6 is 11.3 Å². The molecule has 1 atom stereocenters. The van der Waals surface area contributed by atoms with Crippen LogP contribution in [0.4, 0.5) is 4.39 Å². The van der Waals surface area contributed by atoms with Crippen molar-refractivity contribution in [3.63, 3.8) is 0 Å². The highest BCUT2D eigenvalue weighted by atomic mass is 32.1. The number of benzene rings is 1. The summed E-state index contributed by atoms with van der Waals surface area (Å²) >= 11 is 1.81. The zero-order chi connectivity index (χ0) is 14.4. The van der Waals surface area contributed by atoms with Gasteiger partial charge in [0, 0.05) is 10.9 Å². The molecule has 1 heterocycles. The standard InChI is InChI=1S/C17H22FNS/c1-3-19-17(8-4-6-15-7-5-11-20-15)16-12-14(18)10-9-13(16)2/h5,7,9-12,17,19H,3-4,6,8H2,1-2H3. The molecule has 0 spiro atoms. The summed E-state index contributed by atoms with van der Waals surface area (Å²) < 4.78 is 13.5. The van der Waals surface area contributed by atoms with Crippen LogP contribution < -0.4 is 5.32 Å². The third-order valence-electron chi connectivity index (χ3n) is 3.56. The molecule has 1 nitrogen and oxygen atoms in total. The monoisotopic (exact) mass is 291 g/mol. The average molecular weight is 291 g/mol. The molecule has 3 heteroatoms. The van der Waals surface area contributed by atoms with Crippen molar-refractivity contribution < 1.29 is 4.39 Å². The molecular formula is C17H22FNS. The number of hydrogen-bond donors (Lipinski definition) is 1. The molecule has 20 heavy (non-hydrogen) atoms. The van der Waals surface area contributed by atoms with Crippen LogP contribution in [-0.4, -0.2) is 6.54 Å². The SMILES string of the molecule is CCNC(CCCc1cccs1)c1cc(F)ccc1C. The van der Waals surface area contributed by atoms with Crippen LogP contribution in [0.3, 0.4) is 0 Å². The smallest absolute Gasteiger partial charge is 0.123 e. The number of halogens is 1. The molecule has 1 aromatic carbocycles. The minimum absolute atomic E-state index is 0.147. The van der Waals surface area contributed by atoms with Gasteiger partial charge < -0.3 is 5.32 Å². The quantitative estimate of drug-likeness (QED) is 0.767. The lowest BCUT2D eigenvalue weighted by Gasteiger charge is -2.20. The topological polar surface area (TPSA) is 12.0 Å². The normalized spacial score (nSPS) is 12.6. The largest absolute Gasteiger partial charge is 0.310 e. The maximum atomic E-state index is 13.5. The second kappa shape index (κ2) is 7.55. The number of thiophene rings is 1. The summed E-state index contributed by atoms with van der Waals surface area (Å²) in [5, 5.41) is 5.60. The molecule has 0 radical (unpaired) electrons. The van der Waals surface area contributed by atoms with Crippen molar-refractivity contribution >= 4 is 11.3 Å². The summed E-state index contributed by atoms with van der Waals surface area (Å²) in [6, 6.07) is 9.60. The molecule has 0 saturated carbocycles. The van der Waals surface area contributed by atoms with E-state index in [0.717, 1.165) is 36.9 Å². The molecule has 1 unspecified atom stereocenters. The highest BCUT2D eigenvalue weighted by Gasteiger charge is 2.13. The fourth-order valence-corrected chi connectivity index (χ4v) is 3.29. The molecule has 2 aromatic rings. The molecule has 1 N–H and O–H groups in total. The minimum Gasteiger partial charge on any atom is -0.310 e. The lowest BCUT2D eigenvalue weighted by Crippen LogP contribution is -2.22. The Kier molecular flexibility index (Phi) is 5.74. The summed E-state index contributed by atoms with van der Waals surface area (Å²) in [6.45, 7) is 5.05. The minimum atomic E-state index is -0.147. The first-order valence-corrected chi connectivity index (χ1v) is 8.10. The highest BCUT2D eigenvalue weighted by Crippen LogP contribution is 2.24. The van der Waals surface area contributed by atoms with E-state index in [1.165, 1.54) is 10.9 Å². The van der Waals surface area contributed by atoms with Crippen molar-refractivity contribution in [1.82, 2.24) is 5.32 Å². The lowest BCUT2D eigenvalue weighted by molar-refractivity contribution is 0.493. The van der Waals surface area contributed by atoms with Gasteiger partial charge in [0.2, 0.25) is 0 Å². The van der Waals surface area contributed by atoms with Crippen molar-refractivity contribution in [1.29, 1.82) is 0 Å². The molecule has 0 fully saturated rings. The molecule has 1 aromatic heterocycles. The third-order valence-corrected chi connectivity index (χ3v) is 4.50. The van der Waals surface area contributed by atoms with Crippen LogP contribution in [-0.2, 0) is 6.42 Å². The first-order chi connectivity index (χ1) is 9.70. The van der Waals surface area contributed by atoms with Crippen LogP contribution in [0.25, 0.3) is 0 Å². The van der Waals surface area contributed by atoms with Gasteiger partial charge in [-0.05, 0) is 67.4 Å². The highest BCUT2D eigenvalue weighted by molar-refractivity contribution is 7.09. The van der Waals surface area contributed by atoms with E-state index in [2.05, 4.69) is 36.7 Å². The average Bonchev–Trinajstić information content (AvgIpc) is 2.94. The zero-order valence-electron chi connectivity index (χ0n) is 12.2. The Morgan fingerprint density at radius 1 is 1.30 bits per heavy atom. The molecule has 0 saturated heterocycles. The van der Waals surface area contributed by atoms with Gasteiger partial charge in [-0.1, -0.05) is 19.1 Å². The van der Waals surface area contributed by atoms with Crippen molar-refractivity contribution in [2.75, 3.05) is 6.54 Å². The van der Waals surface area contributed by atoms with E-state index in [-0.39, 0.29) is 11.9 Å². The molecule has 0 bridgehead atoms. The van der Waals surface area contributed by atoms with Crippen molar-refractivity contribution in [3.8, 4) is 0 Å². The number of nitrogens with one attached hydrogen (secondary N) is 1. The maximum Gasteiger partial charge on any atom is 0.123 e. The summed E-state index contributed by atoms with van der Waals surface area (Å²) in [4.78, 5) is 1.43. The summed E-state index contributed by atoms with van der Waals surface area (Å²) in [5.41, 5.74) is 2.26. The molecule has 0 aliphatic rings. The Hall–Kier alpha value is -1.19. The Labute approximate surface area is 124 Å². The van der Waals surface area contributed by atoms with Gasteiger partial charge in [0.1, 0.15) is 5.82 Å². The van der Waals surface area contributed by atoms with Crippen molar-refractivity contribution in [3.05, 3.63) is 57.5 Å². The Bertz CT molecular complexity index is 522. The van der Waals surface area contributed by atoms with E-state index in [4.69, 9.17) is 0 Å². The molecule has 0 amide bonds. The summed E-state index contributed by atoms with van der Waals surface area (Å²) in [5.74, 6) is -0.147. The molecule has 108 valence electrons. The van der Waals surface area contributed by atoms with Crippen LogP contribution in [0.2, 0.25) is 0 Å². The van der Waals surface area contributed by atoms with E-state index in [1.54, 1.807) is 6.07 Å². The second-order valence-electron chi connectivity index (χ2n) is 5.08. The van der Waals surface area contributed by atoms with Crippen molar-refractivity contribution in [2.45, 2.75) is 39.2 Å². The van der Waals surface area contributed by atoms with Gasteiger partial charge in [0.05, 0.1) is 0 Å². The molecule has 0 aliphatic carbocycles. The van der Waals surface area contributed by atoms with Gasteiger partial charge >= 0.3 is 0 Å². The summed E-state index contributed by atoms with van der Waals surface area (Å²) in [6.07, 6.45) is 3.26. The number of hydrogen-bond acceptors (Lipinski definition) is 2. The third kappa shape index (κ3) is 4.15. The van der Waals surface area contributed by atoms with E-state index in [9.17, 15) is 4.39 Å². The van der Waals surface area contributed by atoms with Gasteiger partial charge in [-0.2, -0.15) is 0 Å². The van der Waals surface area contributed by atoms with Gasteiger partial charge in [-0.15, -0.1) is 11.3 Å². The van der Waals surface area contributed by atoms with Gasteiger partial charge in [0.15, 0.2) is 0 Å². The number of aryl methyl sites for hydroxylation is 2. The molecular weight excluding hydrogens is 269 g/mol. The van der Waals surface area contributed by atoms with Crippen LogP contribution in [0.1, 0.15) is 41.8 Å². The summed E-state index contributed by atoms with van der Waals surface area (Å²) in [7, 11) is 0. The lowest BCUT2D eigenvalue weighted by atomic mass is 9.96. The van der Waals surface area contributed by atoms with E-state index in [0.29, 0.717) is 0 Å². The predicted molar refractivity (Wildman–Crippen MR) is 84.8 cm³/mol. The second-order valence-corrected chi connectivity index (χ2v) is 6.12. The predicted octanol–water partition coefficient (Wildman–Crippen LogP) is 4.87. The molecule has 0 aliphatic heterocycles. The van der Waals surface area contributed by atoms with Crippen LogP contribution in [0, 0.1) is 12.7 Å². The zero-order valence-corrected chi connectivity index (χ0v) is 13.0. The first-order valence-electron chi connectivity index (χ1n) is 7.22. The van der Waals surface area contributed by atoms with Gasteiger partial charge in [-0.25, -0.2) is 4.39 Å². The van der Waals surface area contributed by atoms with Crippen LogP contribution in [0.5, 0.6) is 0 Å². The fourth-order valence-electron chi connectivity index (χ4n) is 2.54. The Morgan fingerprint density at radius 3 is 2.85 bits per heavy atom. The molecule has 2 rings (SSSR count). The van der Waals surface area contributed by atoms with Crippen molar-refractivity contribution in [2.24, 2.45) is 0 Å². The first kappa shape index (κ1) is 15.2. The number of rotatable bonds is 7. The fraction of sp³-hybridized carbons (Fsp3) is 0.412. The maximum absolute atomic E-state index is 13.5. The van der Waals surface area contributed by atoms with E-state index >= 15 is 0 Å².